The first-order valence-corrected chi connectivity index (χ1v) is 12.5. The smallest absolute Gasteiger partial charge is 0.230 e. The van der Waals surface area contributed by atoms with Crippen LogP contribution in [0.15, 0.2) is 23.6 Å². The van der Waals surface area contributed by atoms with E-state index in [1.165, 1.54) is 23.4 Å². The number of benzene rings is 1. The number of thiazole rings is 1. The molecule has 1 saturated heterocycles. The summed E-state index contributed by atoms with van der Waals surface area (Å²) in [6, 6.07) is 4.30. The Morgan fingerprint density at radius 1 is 1.32 bits per heavy atom. The maximum Gasteiger partial charge on any atom is 0.230 e. The second kappa shape index (κ2) is 9.84. The number of carbonyl (C=O) groups is 2. The van der Waals surface area contributed by atoms with Crippen LogP contribution in [0.2, 0.25) is 0 Å². The molecule has 1 fully saturated rings. The fourth-order valence-corrected chi connectivity index (χ4v) is 5.76. The van der Waals surface area contributed by atoms with Crippen LogP contribution in [0.5, 0.6) is 0 Å². The second-order valence-electron chi connectivity index (χ2n) is 7.42. The molecule has 3 rings (SSSR count). The summed E-state index contributed by atoms with van der Waals surface area (Å²) in [7, 11) is -3.35. The molecule has 1 aliphatic heterocycles. The molecule has 0 bridgehead atoms. The molecule has 168 valence electrons. The number of sulfonamides is 1. The van der Waals surface area contributed by atoms with E-state index in [1.54, 1.807) is 11.4 Å². The number of nitrogens with zero attached hydrogens (tertiary/aromatic N) is 2. The van der Waals surface area contributed by atoms with Gasteiger partial charge in [0.1, 0.15) is 5.82 Å². The largest absolute Gasteiger partial charge is 0.326 e. The minimum absolute atomic E-state index is 0.0729. The first-order chi connectivity index (χ1) is 14.7. The van der Waals surface area contributed by atoms with Gasteiger partial charge in [-0.05, 0) is 37.5 Å². The Balaban J connectivity index is 1.67. The van der Waals surface area contributed by atoms with E-state index in [9.17, 15) is 22.4 Å². The molecule has 0 radical (unpaired) electrons. The highest BCUT2D eigenvalue weighted by molar-refractivity contribution is 7.89. The lowest BCUT2D eigenvalue weighted by Crippen LogP contribution is -2.44. The summed E-state index contributed by atoms with van der Waals surface area (Å²) < 4.78 is 40.4. The summed E-state index contributed by atoms with van der Waals surface area (Å²) in [5.41, 5.74) is 0.959. The molecule has 31 heavy (non-hydrogen) atoms. The average Bonchev–Trinajstić information content (AvgIpc) is 3.15. The van der Waals surface area contributed by atoms with Crippen LogP contribution in [0, 0.1) is 11.7 Å². The number of rotatable bonds is 7. The molecule has 1 aromatic carbocycles. The zero-order valence-electron chi connectivity index (χ0n) is 17.4. The van der Waals surface area contributed by atoms with E-state index < -0.39 is 21.8 Å². The molecule has 2 heterocycles. The molecular formula is C20H25FN4O4S2. The lowest BCUT2D eigenvalue weighted by Gasteiger charge is -2.30. The fourth-order valence-electron chi connectivity index (χ4n) is 3.46. The predicted octanol–water partition coefficient (Wildman–Crippen LogP) is 3.30. The van der Waals surface area contributed by atoms with Crippen LogP contribution in [0.1, 0.15) is 33.1 Å². The van der Waals surface area contributed by atoms with Gasteiger partial charge in [0, 0.05) is 36.6 Å². The van der Waals surface area contributed by atoms with E-state index in [4.69, 9.17) is 0 Å². The molecule has 0 spiro atoms. The highest BCUT2D eigenvalue weighted by Crippen LogP contribution is 2.29. The van der Waals surface area contributed by atoms with Crippen molar-refractivity contribution in [2.45, 2.75) is 33.1 Å². The van der Waals surface area contributed by atoms with Crippen molar-refractivity contribution < 1.29 is 22.4 Å². The highest BCUT2D eigenvalue weighted by atomic mass is 32.2. The Morgan fingerprint density at radius 2 is 2.10 bits per heavy atom. The number of carbonyl (C=O) groups excluding carboxylic acids is 2. The van der Waals surface area contributed by atoms with Crippen molar-refractivity contribution in [3.8, 4) is 11.3 Å². The van der Waals surface area contributed by atoms with Crippen LogP contribution < -0.4 is 10.6 Å². The van der Waals surface area contributed by atoms with Crippen molar-refractivity contribution >= 4 is 44.0 Å². The number of hydrogen-bond donors (Lipinski definition) is 2. The van der Waals surface area contributed by atoms with Crippen LogP contribution in [0.4, 0.5) is 15.2 Å². The summed E-state index contributed by atoms with van der Waals surface area (Å²) in [4.78, 5) is 28.1. The van der Waals surface area contributed by atoms with Gasteiger partial charge in [0.2, 0.25) is 21.8 Å². The first-order valence-electron chi connectivity index (χ1n) is 10.0. The summed E-state index contributed by atoms with van der Waals surface area (Å²) in [5, 5.41) is 7.19. The third-order valence-corrected chi connectivity index (χ3v) is 7.71. The van der Waals surface area contributed by atoms with Crippen molar-refractivity contribution in [2.24, 2.45) is 5.92 Å². The van der Waals surface area contributed by atoms with Gasteiger partial charge in [-0.2, -0.15) is 0 Å². The van der Waals surface area contributed by atoms with Gasteiger partial charge in [-0.1, -0.05) is 6.92 Å². The number of anilines is 2. The van der Waals surface area contributed by atoms with E-state index in [1.807, 2.05) is 6.92 Å². The number of nitrogens with one attached hydrogen (secondary N) is 2. The van der Waals surface area contributed by atoms with Crippen LogP contribution >= 0.6 is 11.3 Å². The topological polar surface area (TPSA) is 108 Å². The van der Waals surface area contributed by atoms with Gasteiger partial charge in [-0.3, -0.25) is 9.59 Å². The minimum atomic E-state index is -3.35. The quantitative estimate of drug-likeness (QED) is 0.648. The van der Waals surface area contributed by atoms with Gasteiger partial charge in [-0.15, -0.1) is 11.3 Å². The maximum atomic E-state index is 14.4. The van der Waals surface area contributed by atoms with E-state index >= 15 is 0 Å². The molecule has 1 aliphatic rings. The standard InChI is InChI=1S/C20H25FN4O4S2/c1-3-9-31(28,29)25-8-4-5-14(11-25)19(27)24-20-23-18(12-30-20)16-7-6-15(10-17(16)21)22-13(2)26/h6-7,10,12,14H,3-5,8-9,11H2,1-2H3,(H,22,26)(H,23,24,27). The summed E-state index contributed by atoms with van der Waals surface area (Å²) >= 11 is 1.16. The minimum Gasteiger partial charge on any atom is -0.326 e. The summed E-state index contributed by atoms with van der Waals surface area (Å²) in [5.74, 6) is -1.52. The van der Waals surface area contributed by atoms with E-state index in [-0.39, 0.29) is 29.7 Å². The van der Waals surface area contributed by atoms with E-state index in [0.717, 1.165) is 11.3 Å². The maximum absolute atomic E-state index is 14.4. The number of piperidine rings is 1. The zero-order chi connectivity index (χ0) is 22.6. The predicted molar refractivity (Wildman–Crippen MR) is 119 cm³/mol. The molecule has 2 aromatic rings. The van der Waals surface area contributed by atoms with Gasteiger partial charge in [-0.25, -0.2) is 22.1 Å². The fraction of sp³-hybridized carbons (Fsp3) is 0.450. The molecule has 1 unspecified atom stereocenters. The first kappa shape index (κ1) is 23.3. The molecule has 1 aromatic heterocycles. The molecular weight excluding hydrogens is 443 g/mol. The monoisotopic (exact) mass is 468 g/mol. The van der Waals surface area contributed by atoms with Crippen molar-refractivity contribution in [2.75, 3.05) is 29.5 Å². The van der Waals surface area contributed by atoms with Gasteiger partial charge in [0.15, 0.2) is 5.13 Å². The number of hydrogen-bond acceptors (Lipinski definition) is 6. The van der Waals surface area contributed by atoms with Crippen molar-refractivity contribution in [3.05, 3.63) is 29.4 Å². The van der Waals surface area contributed by atoms with Gasteiger partial charge < -0.3 is 10.6 Å². The molecule has 0 saturated carbocycles. The van der Waals surface area contributed by atoms with E-state index in [2.05, 4.69) is 15.6 Å². The van der Waals surface area contributed by atoms with Crippen LogP contribution in [-0.2, 0) is 19.6 Å². The van der Waals surface area contributed by atoms with Crippen molar-refractivity contribution in [1.29, 1.82) is 0 Å². The average molecular weight is 469 g/mol. The van der Waals surface area contributed by atoms with Gasteiger partial charge in [0.05, 0.1) is 17.4 Å². The van der Waals surface area contributed by atoms with Crippen LogP contribution in [0.3, 0.4) is 0 Å². The van der Waals surface area contributed by atoms with E-state index in [0.29, 0.717) is 42.3 Å². The normalized spacial score (nSPS) is 17.3. The SMILES string of the molecule is CCCS(=O)(=O)N1CCCC(C(=O)Nc2nc(-c3ccc(NC(C)=O)cc3F)cs2)C1. The Hall–Kier alpha value is -2.37. The molecule has 0 aliphatic carbocycles. The Kier molecular flexibility index (Phi) is 7.39. The number of aromatic nitrogens is 1. The molecule has 1 atom stereocenters. The van der Waals surface area contributed by atoms with Crippen molar-refractivity contribution in [1.82, 2.24) is 9.29 Å². The number of halogens is 1. The van der Waals surface area contributed by atoms with Crippen LogP contribution in [-0.4, -0.2) is 48.4 Å². The summed E-state index contributed by atoms with van der Waals surface area (Å²) in [6.07, 6.45) is 1.75. The Morgan fingerprint density at radius 3 is 2.77 bits per heavy atom. The third-order valence-electron chi connectivity index (χ3n) is 4.91. The summed E-state index contributed by atoms with van der Waals surface area (Å²) in [6.45, 7) is 3.74. The van der Waals surface area contributed by atoms with Crippen LogP contribution in [0.25, 0.3) is 11.3 Å². The van der Waals surface area contributed by atoms with Crippen molar-refractivity contribution in [3.63, 3.8) is 0 Å². The number of amides is 2. The molecule has 8 nitrogen and oxygen atoms in total. The van der Waals surface area contributed by atoms with Gasteiger partial charge >= 0.3 is 0 Å². The van der Waals surface area contributed by atoms with Gasteiger partial charge in [0.25, 0.3) is 0 Å². The highest BCUT2D eigenvalue weighted by Gasteiger charge is 2.32. The third kappa shape index (κ3) is 5.86. The second-order valence-corrected chi connectivity index (χ2v) is 10.4. The Labute approximate surface area is 184 Å². The zero-order valence-corrected chi connectivity index (χ0v) is 19.0. The lowest BCUT2D eigenvalue weighted by atomic mass is 9.99. The molecule has 2 N–H and O–H groups in total. The molecule has 2 amide bonds. The molecule has 11 heteroatoms. The Bertz CT molecular complexity index is 1070. The lowest BCUT2D eigenvalue weighted by molar-refractivity contribution is -0.121.